The zero-order chi connectivity index (χ0) is 8.81. The summed E-state index contributed by atoms with van der Waals surface area (Å²) >= 11 is 0. The first-order chi connectivity index (χ1) is 5.83. The molecule has 13 heavy (non-hydrogen) atoms. The van der Waals surface area contributed by atoms with Crippen molar-refractivity contribution in [3.63, 3.8) is 0 Å². The van der Waals surface area contributed by atoms with E-state index in [4.69, 9.17) is 0 Å². The Hall–Kier alpha value is -0.310. The van der Waals surface area contributed by atoms with Gasteiger partial charge in [-0.15, -0.1) is 5.75 Å². The van der Waals surface area contributed by atoms with Crippen LogP contribution in [0.15, 0.2) is 29.3 Å². The number of nitrogens with zero attached hydrogens (tertiary/aromatic N) is 1. The minimum Gasteiger partial charge on any atom is -0.872 e. The van der Waals surface area contributed by atoms with Crippen LogP contribution in [0.2, 0.25) is 0 Å². The van der Waals surface area contributed by atoms with Crippen molar-refractivity contribution in [3.8, 4) is 5.75 Å². The van der Waals surface area contributed by atoms with Crippen LogP contribution >= 0.6 is 0 Å². The summed E-state index contributed by atoms with van der Waals surface area (Å²) in [6, 6.07) is 6.66. The summed E-state index contributed by atoms with van der Waals surface area (Å²) < 4.78 is 0. The number of rotatable bonds is 3. The molecule has 3 heteroatoms. The van der Waals surface area contributed by atoms with E-state index in [0.29, 0.717) is 0 Å². The average molecular weight is 185 g/mol. The van der Waals surface area contributed by atoms with Gasteiger partial charge in [-0.1, -0.05) is 31.2 Å². The fourth-order valence-corrected chi connectivity index (χ4v) is 0.853. The van der Waals surface area contributed by atoms with E-state index in [-0.39, 0.29) is 35.3 Å². The zero-order valence-corrected chi connectivity index (χ0v) is 10.2. The van der Waals surface area contributed by atoms with Gasteiger partial charge in [-0.2, -0.15) is 0 Å². The third-order valence-electron chi connectivity index (χ3n) is 1.47. The zero-order valence-electron chi connectivity index (χ0n) is 8.16. The van der Waals surface area contributed by atoms with E-state index in [1.807, 2.05) is 0 Å². The first kappa shape index (κ1) is 12.7. The summed E-state index contributed by atoms with van der Waals surface area (Å²) in [7, 11) is 0. The van der Waals surface area contributed by atoms with Gasteiger partial charge in [0.1, 0.15) is 0 Å². The Morgan fingerprint density at radius 1 is 1.31 bits per heavy atom. The second-order valence-electron chi connectivity index (χ2n) is 2.60. The van der Waals surface area contributed by atoms with Crippen LogP contribution in [0.3, 0.4) is 0 Å². The molecule has 0 radical (unpaired) electrons. The fourth-order valence-electron chi connectivity index (χ4n) is 0.853. The first-order valence-corrected chi connectivity index (χ1v) is 4.10. The molecule has 0 fully saturated rings. The molecule has 0 saturated heterocycles. The summed E-state index contributed by atoms with van der Waals surface area (Å²) in [6.07, 6.45) is 2.85. The van der Waals surface area contributed by atoms with Gasteiger partial charge in [0, 0.05) is 12.8 Å². The van der Waals surface area contributed by atoms with Crippen molar-refractivity contribution in [3.05, 3.63) is 29.8 Å². The predicted molar refractivity (Wildman–Crippen MR) is 48.6 cm³/mol. The van der Waals surface area contributed by atoms with Gasteiger partial charge >= 0.3 is 29.6 Å². The molecular weight excluding hydrogens is 173 g/mol. The van der Waals surface area contributed by atoms with E-state index in [2.05, 4.69) is 11.9 Å². The number of hydrogen-bond acceptors (Lipinski definition) is 2. The molecule has 0 unspecified atom stereocenters. The van der Waals surface area contributed by atoms with Crippen LogP contribution in [0.4, 0.5) is 0 Å². The van der Waals surface area contributed by atoms with Gasteiger partial charge < -0.3 is 5.11 Å². The molecule has 0 amide bonds. The molecule has 64 valence electrons. The van der Waals surface area contributed by atoms with Crippen molar-refractivity contribution in [1.82, 2.24) is 0 Å². The normalized spacial score (nSPS) is 9.92. The summed E-state index contributed by atoms with van der Waals surface area (Å²) in [4.78, 5) is 4.16. The SMILES string of the molecule is CCCN=Cc1ccc([O-])cc1.[Na+]. The second-order valence-corrected chi connectivity index (χ2v) is 2.60. The van der Waals surface area contributed by atoms with E-state index in [1.54, 1.807) is 30.5 Å². The molecule has 0 spiro atoms. The number of hydrogen-bond donors (Lipinski definition) is 0. The molecule has 1 aromatic carbocycles. The summed E-state index contributed by atoms with van der Waals surface area (Å²) in [6.45, 7) is 2.93. The molecule has 0 saturated carbocycles. The van der Waals surface area contributed by atoms with E-state index < -0.39 is 0 Å². The van der Waals surface area contributed by atoms with Crippen LogP contribution in [0.25, 0.3) is 0 Å². The molecule has 0 aliphatic carbocycles. The minimum absolute atomic E-state index is 0. The topological polar surface area (TPSA) is 35.4 Å². The van der Waals surface area contributed by atoms with Crippen molar-refractivity contribution in [1.29, 1.82) is 0 Å². The third-order valence-corrected chi connectivity index (χ3v) is 1.47. The van der Waals surface area contributed by atoms with Crippen molar-refractivity contribution in [2.75, 3.05) is 6.54 Å². The fraction of sp³-hybridized carbons (Fsp3) is 0.300. The predicted octanol–water partition coefficient (Wildman–Crippen LogP) is -1.41. The van der Waals surface area contributed by atoms with Crippen molar-refractivity contribution in [2.24, 2.45) is 4.99 Å². The molecule has 0 aliphatic rings. The van der Waals surface area contributed by atoms with Gasteiger partial charge in [0.25, 0.3) is 0 Å². The molecule has 1 rings (SSSR count). The van der Waals surface area contributed by atoms with Gasteiger partial charge in [0.2, 0.25) is 0 Å². The molecule has 2 nitrogen and oxygen atoms in total. The maximum Gasteiger partial charge on any atom is 1.00 e. The van der Waals surface area contributed by atoms with Crippen LogP contribution in [0.1, 0.15) is 18.9 Å². The Bertz CT molecular complexity index is 256. The maximum atomic E-state index is 10.7. The van der Waals surface area contributed by atoms with Crippen LogP contribution in [0, 0.1) is 0 Å². The molecule has 0 aliphatic heterocycles. The number of aliphatic imine (C=N–C) groups is 1. The maximum absolute atomic E-state index is 10.7. The second kappa shape index (κ2) is 7.13. The van der Waals surface area contributed by atoms with Crippen LogP contribution in [-0.4, -0.2) is 12.8 Å². The molecule has 0 atom stereocenters. The summed E-state index contributed by atoms with van der Waals surface area (Å²) in [5.74, 6) is 0.0441. The Labute approximate surface area is 101 Å². The van der Waals surface area contributed by atoms with E-state index in [0.717, 1.165) is 18.5 Å². The van der Waals surface area contributed by atoms with Crippen LogP contribution in [0.5, 0.6) is 5.75 Å². The van der Waals surface area contributed by atoms with Gasteiger partial charge in [-0.3, -0.25) is 4.99 Å². The standard InChI is InChI=1S/C10H13NO.Na/c1-2-7-11-8-9-3-5-10(12)6-4-9;/h3-6,8,12H,2,7H2,1H3;/q;+1/p-1. The van der Waals surface area contributed by atoms with E-state index in [9.17, 15) is 5.11 Å². The molecular formula is C10H12NNaO. The van der Waals surface area contributed by atoms with Gasteiger partial charge in [0.15, 0.2) is 0 Å². The van der Waals surface area contributed by atoms with Crippen molar-refractivity contribution in [2.45, 2.75) is 13.3 Å². The van der Waals surface area contributed by atoms with Gasteiger partial charge in [-0.05, 0) is 12.0 Å². The van der Waals surface area contributed by atoms with Crippen molar-refractivity contribution < 1.29 is 34.7 Å². The average Bonchev–Trinajstić information content (AvgIpc) is 2.09. The molecule has 0 bridgehead atoms. The minimum atomic E-state index is 0. The van der Waals surface area contributed by atoms with Gasteiger partial charge in [0.05, 0.1) is 0 Å². The molecule has 0 aromatic heterocycles. The molecule has 0 N–H and O–H groups in total. The smallest absolute Gasteiger partial charge is 0.872 e. The Morgan fingerprint density at radius 3 is 2.46 bits per heavy atom. The summed E-state index contributed by atoms with van der Waals surface area (Å²) in [5, 5.41) is 10.7. The molecule has 0 heterocycles. The third kappa shape index (κ3) is 5.09. The molecule has 1 aromatic rings. The Balaban J connectivity index is 0.00000144. The Morgan fingerprint density at radius 2 is 1.92 bits per heavy atom. The van der Waals surface area contributed by atoms with Crippen molar-refractivity contribution >= 4 is 6.21 Å². The largest absolute Gasteiger partial charge is 1.00 e. The van der Waals surface area contributed by atoms with Crippen LogP contribution in [-0.2, 0) is 0 Å². The van der Waals surface area contributed by atoms with Crippen LogP contribution < -0.4 is 34.7 Å². The van der Waals surface area contributed by atoms with Gasteiger partial charge in [-0.25, -0.2) is 0 Å². The first-order valence-electron chi connectivity index (χ1n) is 4.10. The van der Waals surface area contributed by atoms with E-state index in [1.165, 1.54) is 0 Å². The quantitative estimate of drug-likeness (QED) is 0.421. The van der Waals surface area contributed by atoms with E-state index >= 15 is 0 Å². The Kier molecular flexibility index (Phi) is 6.96. The number of benzene rings is 1. The monoisotopic (exact) mass is 185 g/mol. The summed E-state index contributed by atoms with van der Waals surface area (Å²) in [5.41, 5.74) is 0.989.